The Morgan fingerprint density at radius 1 is 1.43 bits per heavy atom. The van der Waals surface area contributed by atoms with Crippen molar-refractivity contribution in [2.45, 2.75) is 32.2 Å². The summed E-state index contributed by atoms with van der Waals surface area (Å²) in [5.41, 5.74) is 1.77. The van der Waals surface area contributed by atoms with Crippen LogP contribution in [0.5, 0.6) is 0 Å². The van der Waals surface area contributed by atoms with Crippen LogP contribution < -0.4 is 15.5 Å². The zero-order valence-electron chi connectivity index (χ0n) is 13.4. The SMILES string of the molecule is CCC1CCCNC1CNC(=O)c1cccc(N(C)C)c1. The highest BCUT2D eigenvalue weighted by Gasteiger charge is 2.23. The number of nitrogens with zero attached hydrogens (tertiary/aromatic N) is 1. The van der Waals surface area contributed by atoms with Crippen LogP contribution in [0, 0.1) is 5.92 Å². The molecule has 1 amide bonds. The van der Waals surface area contributed by atoms with Gasteiger partial charge in [-0.3, -0.25) is 4.79 Å². The standard InChI is InChI=1S/C17H27N3O/c1-4-13-8-6-10-18-16(13)12-19-17(21)14-7-5-9-15(11-14)20(2)3/h5,7,9,11,13,16,18H,4,6,8,10,12H2,1-3H3,(H,19,21). The molecular weight excluding hydrogens is 262 g/mol. The van der Waals surface area contributed by atoms with Crippen LogP contribution in [-0.4, -0.2) is 39.1 Å². The van der Waals surface area contributed by atoms with Gasteiger partial charge in [0.15, 0.2) is 0 Å². The van der Waals surface area contributed by atoms with E-state index in [1.807, 2.05) is 43.3 Å². The molecule has 2 atom stereocenters. The molecule has 0 saturated carbocycles. The molecule has 1 aliphatic heterocycles. The van der Waals surface area contributed by atoms with E-state index >= 15 is 0 Å². The van der Waals surface area contributed by atoms with E-state index in [2.05, 4.69) is 17.6 Å². The highest BCUT2D eigenvalue weighted by atomic mass is 16.1. The summed E-state index contributed by atoms with van der Waals surface area (Å²) in [4.78, 5) is 14.3. The maximum Gasteiger partial charge on any atom is 0.251 e. The summed E-state index contributed by atoms with van der Waals surface area (Å²) in [7, 11) is 3.96. The summed E-state index contributed by atoms with van der Waals surface area (Å²) in [6.07, 6.45) is 3.68. The van der Waals surface area contributed by atoms with E-state index in [4.69, 9.17) is 0 Å². The summed E-state index contributed by atoms with van der Waals surface area (Å²) in [5, 5.41) is 6.61. The van der Waals surface area contributed by atoms with Gasteiger partial charge in [0.2, 0.25) is 0 Å². The average Bonchev–Trinajstić information content (AvgIpc) is 2.52. The van der Waals surface area contributed by atoms with Crippen LogP contribution in [0.4, 0.5) is 5.69 Å². The predicted octanol–water partition coefficient (Wildman–Crippen LogP) is 2.26. The second-order valence-electron chi connectivity index (χ2n) is 6.03. The first-order valence-electron chi connectivity index (χ1n) is 7.90. The number of hydrogen-bond acceptors (Lipinski definition) is 3. The predicted molar refractivity (Wildman–Crippen MR) is 87.9 cm³/mol. The normalized spacial score (nSPS) is 21.9. The smallest absolute Gasteiger partial charge is 0.251 e. The molecule has 4 heteroatoms. The number of carbonyl (C=O) groups excluding carboxylic acids is 1. The van der Waals surface area contributed by atoms with Crippen molar-refractivity contribution in [2.75, 3.05) is 32.1 Å². The molecule has 0 spiro atoms. The average molecular weight is 289 g/mol. The molecular formula is C17H27N3O. The Morgan fingerprint density at radius 3 is 2.95 bits per heavy atom. The van der Waals surface area contributed by atoms with Crippen molar-refractivity contribution in [2.24, 2.45) is 5.92 Å². The van der Waals surface area contributed by atoms with Gasteiger partial charge in [0.1, 0.15) is 0 Å². The molecule has 0 aromatic heterocycles. The molecule has 0 aliphatic carbocycles. The largest absolute Gasteiger partial charge is 0.378 e. The number of benzene rings is 1. The van der Waals surface area contributed by atoms with Crippen LogP contribution >= 0.6 is 0 Å². The van der Waals surface area contributed by atoms with Gasteiger partial charge in [0.05, 0.1) is 0 Å². The van der Waals surface area contributed by atoms with Crippen molar-refractivity contribution in [1.29, 1.82) is 0 Å². The number of hydrogen-bond donors (Lipinski definition) is 2. The first-order chi connectivity index (χ1) is 10.1. The Bertz CT molecular complexity index is 473. The maximum atomic E-state index is 12.3. The lowest BCUT2D eigenvalue weighted by atomic mass is 9.88. The zero-order valence-corrected chi connectivity index (χ0v) is 13.4. The molecule has 4 nitrogen and oxygen atoms in total. The Hall–Kier alpha value is -1.55. The fourth-order valence-electron chi connectivity index (χ4n) is 2.98. The summed E-state index contributed by atoms with van der Waals surface area (Å²) in [6.45, 7) is 4.00. The van der Waals surface area contributed by atoms with Gasteiger partial charge < -0.3 is 15.5 Å². The van der Waals surface area contributed by atoms with Crippen molar-refractivity contribution in [3.63, 3.8) is 0 Å². The quantitative estimate of drug-likeness (QED) is 0.874. The Morgan fingerprint density at radius 2 is 2.24 bits per heavy atom. The maximum absolute atomic E-state index is 12.3. The molecule has 2 unspecified atom stereocenters. The number of carbonyl (C=O) groups is 1. The summed E-state index contributed by atoms with van der Waals surface area (Å²) in [6, 6.07) is 8.14. The second kappa shape index (κ2) is 7.46. The van der Waals surface area contributed by atoms with Gasteiger partial charge in [0, 0.05) is 37.9 Å². The highest BCUT2D eigenvalue weighted by molar-refractivity contribution is 5.95. The fourth-order valence-corrected chi connectivity index (χ4v) is 2.98. The van der Waals surface area contributed by atoms with Crippen LogP contribution in [-0.2, 0) is 0 Å². The number of amides is 1. The van der Waals surface area contributed by atoms with Crippen LogP contribution in [0.15, 0.2) is 24.3 Å². The van der Waals surface area contributed by atoms with Gasteiger partial charge in [-0.15, -0.1) is 0 Å². The van der Waals surface area contributed by atoms with E-state index in [0.717, 1.165) is 17.8 Å². The van der Waals surface area contributed by atoms with Crippen molar-refractivity contribution in [3.8, 4) is 0 Å². The Balaban J connectivity index is 1.93. The van der Waals surface area contributed by atoms with Gasteiger partial charge >= 0.3 is 0 Å². The van der Waals surface area contributed by atoms with Crippen LogP contribution in [0.3, 0.4) is 0 Å². The molecule has 21 heavy (non-hydrogen) atoms. The third-order valence-corrected chi connectivity index (χ3v) is 4.36. The summed E-state index contributed by atoms with van der Waals surface area (Å²) >= 11 is 0. The molecule has 0 radical (unpaired) electrons. The number of anilines is 1. The second-order valence-corrected chi connectivity index (χ2v) is 6.03. The summed E-state index contributed by atoms with van der Waals surface area (Å²) in [5.74, 6) is 0.688. The molecule has 116 valence electrons. The topological polar surface area (TPSA) is 44.4 Å². The Kier molecular flexibility index (Phi) is 5.62. The molecule has 1 aromatic rings. The van der Waals surface area contributed by atoms with E-state index in [0.29, 0.717) is 18.5 Å². The molecule has 2 N–H and O–H groups in total. The van der Waals surface area contributed by atoms with Crippen molar-refractivity contribution in [3.05, 3.63) is 29.8 Å². The highest BCUT2D eigenvalue weighted by Crippen LogP contribution is 2.19. The van der Waals surface area contributed by atoms with Gasteiger partial charge in [-0.1, -0.05) is 19.4 Å². The van der Waals surface area contributed by atoms with E-state index < -0.39 is 0 Å². The number of rotatable bonds is 5. The Labute approximate surface area is 127 Å². The molecule has 1 heterocycles. The third-order valence-electron chi connectivity index (χ3n) is 4.36. The zero-order chi connectivity index (χ0) is 15.2. The van der Waals surface area contributed by atoms with Gasteiger partial charge in [-0.25, -0.2) is 0 Å². The number of nitrogens with one attached hydrogen (secondary N) is 2. The van der Waals surface area contributed by atoms with E-state index in [1.54, 1.807) is 0 Å². The first-order valence-corrected chi connectivity index (χ1v) is 7.90. The van der Waals surface area contributed by atoms with E-state index in [1.165, 1.54) is 19.3 Å². The minimum absolute atomic E-state index is 0.0147. The fraction of sp³-hybridized carbons (Fsp3) is 0.588. The van der Waals surface area contributed by atoms with Gasteiger partial charge in [-0.05, 0) is 43.5 Å². The van der Waals surface area contributed by atoms with Gasteiger partial charge in [-0.2, -0.15) is 0 Å². The minimum Gasteiger partial charge on any atom is -0.378 e. The van der Waals surface area contributed by atoms with Crippen molar-refractivity contribution in [1.82, 2.24) is 10.6 Å². The van der Waals surface area contributed by atoms with E-state index in [9.17, 15) is 4.79 Å². The lowest BCUT2D eigenvalue weighted by Crippen LogP contribution is -2.48. The molecule has 1 fully saturated rings. The first kappa shape index (κ1) is 15.8. The number of piperidine rings is 1. The van der Waals surface area contributed by atoms with Crippen molar-refractivity contribution >= 4 is 11.6 Å². The van der Waals surface area contributed by atoms with Crippen molar-refractivity contribution < 1.29 is 4.79 Å². The molecule has 1 saturated heterocycles. The third kappa shape index (κ3) is 4.21. The lowest BCUT2D eigenvalue weighted by molar-refractivity contribution is 0.0942. The van der Waals surface area contributed by atoms with Crippen LogP contribution in [0.2, 0.25) is 0 Å². The minimum atomic E-state index is 0.0147. The molecule has 2 rings (SSSR count). The van der Waals surface area contributed by atoms with Crippen LogP contribution in [0.1, 0.15) is 36.5 Å². The monoisotopic (exact) mass is 289 g/mol. The van der Waals surface area contributed by atoms with E-state index in [-0.39, 0.29) is 5.91 Å². The van der Waals surface area contributed by atoms with Gasteiger partial charge in [0.25, 0.3) is 5.91 Å². The molecule has 0 bridgehead atoms. The summed E-state index contributed by atoms with van der Waals surface area (Å²) < 4.78 is 0. The molecule has 1 aliphatic rings. The molecule has 1 aromatic carbocycles. The lowest BCUT2D eigenvalue weighted by Gasteiger charge is -2.32. The van der Waals surface area contributed by atoms with Crippen LogP contribution in [0.25, 0.3) is 0 Å².